The first-order valence-corrected chi connectivity index (χ1v) is 11.7. The Morgan fingerprint density at radius 3 is 2.48 bits per heavy atom. The number of hydrogen-bond acceptors (Lipinski definition) is 6. The molecule has 0 spiro atoms. The Hall–Kier alpha value is -2.78. The van der Waals surface area contributed by atoms with Crippen LogP contribution in [0, 0.1) is 6.92 Å². The fourth-order valence-electron chi connectivity index (χ4n) is 3.63. The van der Waals surface area contributed by atoms with E-state index in [9.17, 15) is 13.2 Å². The third-order valence-electron chi connectivity index (χ3n) is 5.32. The largest absolute Gasteiger partial charge is 0.493 e. The quantitative estimate of drug-likeness (QED) is 0.675. The number of ether oxygens (including phenoxy) is 3. The molecule has 9 heteroatoms. The lowest BCUT2D eigenvalue weighted by Crippen LogP contribution is -2.50. The van der Waals surface area contributed by atoms with Crippen LogP contribution in [0.1, 0.15) is 12.0 Å². The van der Waals surface area contributed by atoms with Crippen molar-refractivity contribution < 1.29 is 27.4 Å². The van der Waals surface area contributed by atoms with Crippen molar-refractivity contribution in [3.05, 3.63) is 48.0 Å². The van der Waals surface area contributed by atoms with Gasteiger partial charge in [0.2, 0.25) is 15.9 Å². The molecule has 31 heavy (non-hydrogen) atoms. The molecule has 0 atom stereocenters. The summed E-state index contributed by atoms with van der Waals surface area (Å²) < 4.78 is 44.0. The van der Waals surface area contributed by atoms with E-state index in [4.69, 9.17) is 14.2 Å². The van der Waals surface area contributed by atoms with Crippen LogP contribution in [0.3, 0.4) is 0 Å². The van der Waals surface area contributed by atoms with E-state index in [0.717, 1.165) is 11.3 Å². The maximum atomic E-state index is 13.0. The molecule has 0 N–H and O–H groups in total. The maximum absolute atomic E-state index is 13.0. The number of carbonyl (C=O) groups is 1. The van der Waals surface area contributed by atoms with Crippen LogP contribution in [0.4, 0.5) is 0 Å². The Kier molecular flexibility index (Phi) is 6.33. The molecule has 1 fully saturated rings. The van der Waals surface area contributed by atoms with Crippen LogP contribution in [0.2, 0.25) is 0 Å². The average Bonchev–Trinajstić information content (AvgIpc) is 2.79. The third-order valence-corrected chi connectivity index (χ3v) is 7.21. The molecular formula is C22H26N2O6S. The molecule has 1 amide bonds. The SMILES string of the molecule is Cc1cccc(OCCC(=O)N2CCN(S(=O)(=O)c3ccc4c(c3)OCCO4)CC2)c1. The number of sulfonamides is 1. The van der Waals surface area contributed by atoms with Gasteiger partial charge in [-0.25, -0.2) is 8.42 Å². The van der Waals surface area contributed by atoms with Crippen LogP contribution in [0.5, 0.6) is 17.2 Å². The van der Waals surface area contributed by atoms with Crippen molar-refractivity contribution in [2.45, 2.75) is 18.2 Å². The van der Waals surface area contributed by atoms with Crippen molar-refractivity contribution in [1.82, 2.24) is 9.21 Å². The number of carbonyl (C=O) groups excluding carboxylic acids is 1. The van der Waals surface area contributed by atoms with E-state index in [1.807, 2.05) is 31.2 Å². The Labute approximate surface area is 182 Å². The average molecular weight is 447 g/mol. The van der Waals surface area contributed by atoms with Gasteiger partial charge in [0, 0.05) is 32.2 Å². The molecule has 0 bridgehead atoms. The molecule has 4 rings (SSSR count). The normalized spacial score (nSPS) is 16.7. The molecule has 0 aliphatic carbocycles. The predicted octanol–water partition coefficient (Wildman–Crippen LogP) is 2.07. The zero-order valence-corrected chi connectivity index (χ0v) is 18.3. The first-order valence-electron chi connectivity index (χ1n) is 10.3. The summed E-state index contributed by atoms with van der Waals surface area (Å²) in [5, 5.41) is 0. The lowest BCUT2D eigenvalue weighted by Gasteiger charge is -2.34. The van der Waals surface area contributed by atoms with Crippen LogP contribution in [-0.2, 0) is 14.8 Å². The van der Waals surface area contributed by atoms with Crippen LogP contribution in [0.15, 0.2) is 47.4 Å². The van der Waals surface area contributed by atoms with Crippen molar-refractivity contribution in [2.24, 2.45) is 0 Å². The van der Waals surface area contributed by atoms with Gasteiger partial charge < -0.3 is 19.1 Å². The molecule has 2 aliphatic rings. The molecule has 0 saturated carbocycles. The number of aryl methyl sites for hydroxylation is 1. The van der Waals surface area contributed by atoms with Gasteiger partial charge in [0.15, 0.2) is 11.5 Å². The summed E-state index contributed by atoms with van der Waals surface area (Å²) in [6.45, 7) is 4.33. The van der Waals surface area contributed by atoms with Gasteiger partial charge in [0.1, 0.15) is 19.0 Å². The second-order valence-electron chi connectivity index (χ2n) is 7.51. The smallest absolute Gasteiger partial charge is 0.243 e. The highest BCUT2D eigenvalue weighted by atomic mass is 32.2. The number of nitrogens with zero attached hydrogens (tertiary/aromatic N) is 2. The Balaban J connectivity index is 1.30. The highest BCUT2D eigenvalue weighted by Crippen LogP contribution is 2.33. The van der Waals surface area contributed by atoms with E-state index < -0.39 is 10.0 Å². The van der Waals surface area contributed by atoms with E-state index in [-0.39, 0.29) is 36.9 Å². The maximum Gasteiger partial charge on any atom is 0.243 e. The van der Waals surface area contributed by atoms with E-state index in [1.165, 1.54) is 16.4 Å². The minimum Gasteiger partial charge on any atom is -0.493 e. The number of rotatable bonds is 6. The van der Waals surface area contributed by atoms with Gasteiger partial charge >= 0.3 is 0 Å². The number of amides is 1. The van der Waals surface area contributed by atoms with Crippen LogP contribution >= 0.6 is 0 Å². The first-order chi connectivity index (χ1) is 14.9. The van der Waals surface area contributed by atoms with E-state index >= 15 is 0 Å². The summed E-state index contributed by atoms with van der Waals surface area (Å²) >= 11 is 0. The van der Waals surface area contributed by atoms with Crippen molar-refractivity contribution >= 4 is 15.9 Å². The van der Waals surface area contributed by atoms with Crippen LogP contribution in [-0.4, -0.2) is 69.5 Å². The molecule has 2 heterocycles. The molecule has 0 radical (unpaired) electrons. The van der Waals surface area contributed by atoms with Gasteiger partial charge in [0.25, 0.3) is 0 Å². The Morgan fingerprint density at radius 2 is 1.74 bits per heavy atom. The van der Waals surface area contributed by atoms with Gasteiger partial charge in [-0.05, 0) is 36.8 Å². The van der Waals surface area contributed by atoms with E-state index in [2.05, 4.69) is 0 Å². The van der Waals surface area contributed by atoms with Gasteiger partial charge in [-0.1, -0.05) is 12.1 Å². The number of hydrogen-bond donors (Lipinski definition) is 0. The Bertz CT molecular complexity index is 1050. The minimum absolute atomic E-state index is 0.0379. The minimum atomic E-state index is -3.67. The van der Waals surface area contributed by atoms with Gasteiger partial charge in [-0.3, -0.25) is 4.79 Å². The molecular weight excluding hydrogens is 420 g/mol. The van der Waals surface area contributed by atoms with Gasteiger partial charge in [0.05, 0.1) is 17.9 Å². The molecule has 166 valence electrons. The highest BCUT2D eigenvalue weighted by molar-refractivity contribution is 7.89. The summed E-state index contributed by atoms with van der Waals surface area (Å²) in [7, 11) is -3.67. The third kappa shape index (κ3) is 4.94. The van der Waals surface area contributed by atoms with Crippen molar-refractivity contribution in [1.29, 1.82) is 0 Å². The summed E-state index contributed by atoms with van der Waals surface area (Å²) in [6.07, 6.45) is 0.253. The first kappa shape index (κ1) is 21.5. The summed E-state index contributed by atoms with van der Waals surface area (Å²) in [5.74, 6) is 1.69. The lowest BCUT2D eigenvalue weighted by molar-refractivity contribution is -0.132. The van der Waals surface area contributed by atoms with E-state index in [1.54, 1.807) is 11.0 Å². The summed E-state index contributed by atoms with van der Waals surface area (Å²) in [6, 6.07) is 12.3. The lowest BCUT2D eigenvalue weighted by atomic mass is 10.2. The molecule has 2 aromatic rings. The second-order valence-corrected chi connectivity index (χ2v) is 9.44. The number of fused-ring (bicyclic) bond motifs is 1. The fourth-order valence-corrected chi connectivity index (χ4v) is 5.07. The van der Waals surface area contributed by atoms with Crippen molar-refractivity contribution in [2.75, 3.05) is 46.0 Å². The van der Waals surface area contributed by atoms with Gasteiger partial charge in [-0.2, -0.15) is 4.31 Å². The predicted molar refractivity (Wildman–Crippen MR) is 114 cm³/mol. The molecule has 0 aromatic heterocycles. The van der Waals surface area contributed by atoms with Crippen molar-refractivity contribution in [3.63, 3.8) is 0 Å². The molecule has 2 aromatic carbocycles. The van der Waals surface area contributed by atoms with Crippen LogP contribution in [0.25, 0.3) is 0 Å². The number of piperazine rings is 1. The standard InChI is InChI=1S/C22H26N2O6S/c1-17-3-2-4-18(15-17)28-12-7-22(25)23-8-10-24(11-9-23)31(26,27)19-5-6-20-21(16-19)30-14-13-29-20/h2-6,15-16H,7-14H2,1H3. The summed E-state index contributed by atoms with van der Waals surface area (Å²) in [5.41, 5.74) is 1.10. The Morgan fingerprint density at radius 1 is 1.00 bits per heavy atom. The summed E-state index contributed by atoms with van der Waals surface area (Å²) in [4.78, 5) is 14.3. The molecule has 8 nitrogen and oxygen atoms in total. The number of benzene rings is 2. The van der Waals surface area contributed by atoms with Crippen molar-refractivity contribution in [3.8, 4) is 17.2 Å². The van der Waals surface area contributed by atoms with E-state index in [0.29, 0.717) is 37.8 Å². The topological polar surface area (TPSA) is 85.4 Å². The van der Waals surface area contributed by atoms with Crippen LogP contribution < -0.4 is 14.2 Å². The second kappa shape index (κ2) is 9.15. The monoisotopic (exact) mass is 446 g/mol. The molecule has 0 unspecified atom stereocenters. The fraction of sp³-hybridized carbons (Fsp3) is 0.409. The molecule has 1 saturated heterocycles. The molecule has 2 aliphatic heterocycles. The highest BCUT2D eigenvalue weighted by Gasteiger charge is 2.31. The zero-order valence-electron chi connectivity index (χ0n) is 17.5. The van der Waals surface area contributed by atoms with Gasteiger partial charge in [-0.15, -0.1) is 0 Å². The zero-order chi connectivity index (χ0) is 21.8.